The summed E-state index contributed by atoms with van der Waals surface area (Å²) in [4.78, 5) is 0.598. The van der Waals surface area contributed by atoms with Gasteiger partial charge in [0, 0.05) is 16.7 Å². The van der Waals surface area contributed by atoms with Crippen LogP contribution in [0.5, 0.6) is 0 Å². The molecule has 0 radical (unpaired) electrons. The van der Waals surface area contributed by atoms with Crippen LogP contribution in [-0.2, 0) is 10.8 Å². The van der Waals surface area contributed by atoms with E-state index in [0.29, 0.717) is 16.7 Å². The number of halogens is 2. The van der Waals surface area contributed by atoms with Crippen LogP contribution in [0.2, 0.25) is 5.02 Å². The Bertz CT molecular complexity index is 428. The highest BCUT2D eigenvalue weighted by Gasteiger charge is 2.08. The summed E-state index contributed by atoms with van der Waals surface area (Å²) in [6.07, 6.45) is 2.98. The van der Waals surface area contributed by atoms with Gasteiger partial charge in [-0.15, -0.1) is 0 Å². The maximum absolute atomic E-state index is 13.0. The normalized spacial score (nSPS) is 14.3. The molecular weight excluding hydrogens is 285 g/mol. The molecule has 1 rings (SSSR count). The van der Waals surface area contributed by atoms with Gasteiger partial charge in [-0.1, -0.05) is 18.5 Å². The van der Waals surface area contributed by atoms with E-state index < -0.39 is 16.6 Å². The molecule has 19 heavy (non-hydrogen) atoms. The molecule has 0 bridgehead atoms. The van der Waals surface area contributed by atoms with E-state index in [1.165, 1.54) is 18.2 Å². The van der Waals surface area contributed by atoms with Gasteiger partial charge in [0.2, 0.25) is 0 Å². The molecule has 2 nitrogen and oxygen atoms in total. The van der Waals surface area contributed by atoms with Crippen molar-refractivity contribution in [2.45, 2.75) is 44.0 Å². The van der Waals surface area contributed by atoms with Crippen molar-refractivity contribution in [1.29, 1.82) is 0 Å². The maximum atomic E-state index is 13.0. The minimum atomic E-state index is -1.10. The van der Waals surface area contributed by atoms with E-state index in [1.54, 1.807) is 0 Å². The SMILES string of the molecule is CCCNC(C)CCCS(=O)c1ccc(F)c(Cl)c1. The third kappa shape index (κ3) is 6.02. The topological polar surface area (TPSA) is 29.1 Å². The van der Waals surface area contributed by atoms with Gasteiger partial charge in [-0.05, 0) is 50.9 Å². The largest absolute Gasteiger partial charge is 0.314 e. The Labute approximate surface area is 122 Å². The number of benzene rings is 1. The molecule has 0 aliphatic carbocycles. The van der Waals surface area contributed by atoms with Crippen molar-refractivity contribution in [3.8, 4) is 0 Å². The van der Waals surface area contributed by atoms with Crippen LogP contribution in [0.4, 0.5) is 4.39 Å². The summed E-state index contributed by atoms with van der Waals surface area (Å²) in [7, 11) is -1.10. The second-order valence-electron chi connectivity index (χ2n) is 4.62. The van der Waals surface area contributed by atoms with E-state index in [-0.39, 0.29) is 5.02 Å². The van der Waals surface area contributed by atoms with Crippen molar-refractivity contribution in [3.05, 3.63) is 29.0 Å². The average Bonchev–Trinajstić information content (AvgIpc) is 2.39. The van der Waals surface area contributed by atoms with E-state index in [1.807, 2.05) is 0 Å². The second kappa shape index (κ2) is 8.67. The highest BCUT2D eigenvalue weighted by molar-refractivity contribution is 7.85. The molecule has 0 aromatic heterocycles. The molecule has 0 spiro atoms. The Hall–Kier alpha value is -0.450. The van der Waals surface area contributed by atoms with Gasteiger partial charge in [0.25, 0.3) is 0 Å². The molecule has 108 valence electrons. The van der Waals surface area contributed by atoms with Crippen LogP contribution in [0.25, 0.3) is 0 Å². The van der Waals surface area contributed by atoms with Crippen LogP contribution in [-0.4, -0.2) is 22.5 Å². The number of nitrogens with one attached hydrogen (secondary N) is 1. The predicted octanol–water partition coefficient (Wildman–Crippen LogP) is 3.76. The van der Waals surface area contributed by atoms with E-state index >= 15 is 0 Å². The van der Waals surface area contributed by atoms with Crippen LogP contribution in [0.1, 0.15) is 33.1 Å². The summed E-state index contributed by atoms with van der Waals surface area (Å²) in [5.74, 6) is 0.111. The van der Waals surface area contributed by atoms with Gasteiger partial charge in [-0.3, -0.25) is 4.21 Å². The van der Waals surface area contributed by atoms with Crippen molar-refractivity contribution < 1.29 is 8.60 Å². The van der Waals surface area contributed by atoms with Gasteiger partial charge < -0.3 is 5.32 Å². The van der Waals surface area contributed by atoms with Gasteiger partial charge in [0.1, 0.15) is 5.82 Å². The Morgan fingerprint density at radius 3 is 2.84 bits per heavy atom. The third-order valence-electron chi connectivity index (χ3n) is 2.86. The molecule has 0 saturated carbocycles. The van der Waals surface area contributed by atoms with Crippen LogP contribution < -0.4 is 5.32 Å². The fourth-order valence-corrected chi connectivity index (χ4v) is 3.13. The molecule has 1 aromatic rings. The Kier molecular flexibility index (Phi) is 7.57. The van der Waals surface area contributed by atoms with Crippen molar-refractivity contribution in [1.82, 2.24) is 5.32 Å². The van der Waals surface area contributed by atoms with Gasteiger partial charge in [-0.2, -0.15) is 0 Å². The lowest BCUT2D eigenvalue weighted by molar-refractivity contribution is 0.509. The Morgan fingerprint density at radius 1 is 1.47 bits per heavy atom. The van der Waals surface area contributed by atoms with Crippen LogP contribution in [0.15, 0.2) is 23.1 Å². The van der Waals surface area contributed by atoms with E-state index in [0.717, 1.165) is 25.8 Å². The minimum Gasteiger partial charge on any atom is -0.314 e. The zero-order valence-corrected chi connectivity index (χ0v) is 13.0. The first-order valence-corrected chi connectivity index (χ1v) is 8.31. The summed E-state index contributed by atoms with van der Waals surface area (Å²) < 4.78 is 25.0. The molecule has 1 N–H and O–H groups in total. The van der Waals surface area contributed by atoms with Crippen molar-refractivity contribution >= 4 is 22.4 Å². The lowest BCUT2D eigenvalue weighted by Gasteiger charge is -2.12. The van der Waals surface area contributed by atoms with E-state index in [9.17, 15) is 8.60 Å². The van der Waals surface area contributed by atoms with Gasteiger partial charge in [-0.25, -0.2) is 4.39 Å². The first-order valence-electron chi connectivity index (χ1n) is 6.61. The summed E-state index contributed by atoms with van der Waals surface area (Å²) in [6, 6.07) is 4.69. The fraction of sp³-hybridized carbons (Fsp3) is 0.571. The quantitative estimate of drug-likeness (QED) is 0.792. The standard InChI is InChI=1S/C14H21ClFNOS/c1-3-8-17-11(2)5-4-9-19(18)12-6-7-14(16)13(15)10-12/h6-7,10-11,17H,3-5,8-9H2,1-2H3. The molecule has 0 amide bonds. The zero-order chi connectivity index (χ0) is 14.3. The molecule has 0 saturated heterocycles. The van der Waals surface area contributed by atoms with Crippen molar-refractivity contribution in [3.63, 3.8) is 0 Å². The van der Waals surface area contributed by atoms with E-state index in [4.69, 9.17) is 11.6 Å². The molecule has 5 heteroatoms. The average molecular weight is 306 g/mol. The smallest absolute Gasteiger partial charge is 0.141 e. The lowest BCUT2D eigenvalue weighted by atomic mass is 10.2. The molecule has 0 fully saturated rings. The summed E-state index contributed by atoms with van der Waals surface area (Å²) >= 11 is 5.68. The van der Waals surface area contributed by atoms with Gasteiger partial charge >= 0.3 is 0 Å². The molecule has 2 atom stereocenters. The van der Waals surface area contributed by atoms with Gasteiger partial charge in [0.05, 0.1) is 15.8 Å². The molecule has 0 heterocycles. The van der Waals surface area contributed by atoms with E-state index in [2.05, 4.69) is 19.2 Å². The monoisotopic (exact) mass is 305 g/mol. The third-order valence-corrected chi connectivity index (χ3v) is 4.59. The summed E-state index contributed by atoms with van der Waals surface area (Å²) in [5, 5.41) is 3.42. The van der Waals surface area contributed by atoms with Crippen LogP contribution in [0, 0.1) is 5.82 Å². The molecule has 0 aliphatic rings. The molecular formula is C14H21ClFNOS. The highest BCUT2D eigenvalue weighted by atomic mass is 35.5. The molecule has 1 aromatic carbocycles. The Morgan fingerprint density at radius 2 is 2.21 bits per heavy atom. The first-order chi connectivity index (χ1) is 9.04. The van der Waals surface area contributed by atoms with Crippen LogP contribution in [0.3, 0.4) is 0 Å². The number of rotatable bonds is 8. The summed E-state index contributed by atoms with van der Waals surface area (Å²) in [5.41, 5.74) is 0. The number of hydrogen-bond donors (Lipinski definition) is 1. The highest BCUT2D eigenvalue weighted by Crippen LogP contribution is 2.19. The minimum absolute atomic E-state index is 0.0313. The predicted molar refractivity (Wildman–Crippen MR) is 79.7 cm³/mol. The molecule has 0 aliphatic heterocycles. The first kappa shape index (κ1) is 16.6. The number of hydrogen-bond acceptors (Lipinski definition) is 2. The zero-order valence-electron chi connectivity index (χ0n) is 11.4. The Balaban J connectivity index is 2.37. The second-order valence-corrected chi connectivity index (χ2v) is 6.60. The lowest BCUT2D eigenvalue weighted by Crippen LogP contribution is -2.26. The maximum Gasteiger partial charge on any atom is 0.141 e. The van der Waals surface area contributed by atoms with Crippen LogP contribution >= 0.6 is 11.6 Å². The van der Waals surface area contributed by atoms with Crippen molar-refractivity contribution in [2.75, 3.05) is 12.3 Å². The summed E-state index contributed by atoms with van der Waals surface area (Å²) in [6.45, 7) is 5.28. The fourth-order valence-electron chi connectivity index (χ4n) is 1.75. The van der Waals surface area contributed by atoms with Crippen molar-refractivity contribution in [2.24, 2.45) is 0 Å². The van der Waals surface area contributed by atoms with Gasteiger partial charge in [0.15, 0.2) is 0 Å². The molecule has 2 unspecified atom stereocenters.